The fourth-order valence-corrected chi connectivity index (χ4v) is 0.893. The molecule has 0 radical (unpaired) electrons. The second-order valence-corrected chi connectivity index (χ2v) is 2.46. The van der Waals surface area contributed by atoms with Crippen molar-refractivity contribution in [1.82, 2.24) is 4.98 Å². The molecule has 72 valence electrons. The predicted molar refractivity (Wildman–Crippen MR) is 52.4 cm³/mol. The van der Waals surface area contributed by atoms with Crippen molar-refractivity contribution in [2.75, 3.05) is 18.5 Å². The molecule has 1 heterocycles. The first-order valence-electron chi connectivity index (χ1n) is 3.53. The first-order valence-corrected chi connectivity index (χ1v) is 3.53. The van der Waals surface area contributed by atoms with Crippen LogP contribution in [-0.2, 0) is 4.79 Å². The van der Waals surface area contributed by atoms with E-state index in [1.165, 1.54) is 0 Å². The minimum Gasteiger partial charge on any atom is -0.480 e. The number of halogens is 1. The molecule has 0 atom stereocenters. The molecule has 0 amide bonds. The fourth-order valence-electron chi connectivity index (χ4n) is 0.893. The largest absolute Gasteiger partial charge is 0.480 e. The number of hydrogen-bond acceptors (Lipinski definition) is 3. The van der Waals surface area contributed by atoms with Gasteiger partial charge in [0.25, 0.3) is 0 Å². The zero-order valence-corrected chi connectivity index (χ0v) is 7.99. The smallest absolute Gasteiger partial charge is 0.323 e. The molecule has 0 aliphatic carbocycles. The molecule has 1 aromatic heterocycles. The van der Waals surface area contributed by atoms with Crippen LogP contribution in [0.2, 0.25) is 0 Å². The number of aliphatic carboxylic acids is 1. The molecule has 1 aromatic rings. The highest BCUT2D eigenvalue weighted by Crippen LogP contribution is 2.08. The lowest BCUT2D eigenvalue weighted by Gasteiger charge is -2.15. The Balaban J connectivity index is 0.00000144. The van der Waals surface area contributed by atoms with Gasteiger partial charge in [-0.2, -0.15) is 0 Å². The Morgan fingerprint density at radius 1 is 1.54 bits per heavy atom. The normalized spacial score (nSPS) is 8.69. The van der Waals surface area contributed by atoms with E-state index < -0.39 is 5.97 Å². The van der Waals surface area contributed by atoms with Crippen molar-refractivity contribution in [2.24, 2.45) is 0 Å². The molecule has 0 spiro atoms. The first-order chi connectivity index (χ1) is 5.70. The summed E-state index contributed by atoms with van der Waals surface area (Å²) < 4.78 is 0. The average molecular weight is 203 g/mol. The highest BCUT2D eigenvalue weighted by molar-refractivity contribution is 5.85. The van der Waals surface area contributed by atoms with Crippen molar-refractivity contribution in [3.8, 4) is 0 Å². The molecule has 0 fully saturated rings. The van der Waals surface area contributed by atoms with E-state index >= 15 is 0 Å². The van der Waals surface area contributed by atoms with E-state index in [4.69, 9.17) is 5.11 Å². The molecule has 5 heteroatoms. The lowest BCUT2D eigenvalue weighted by molar-refractivity contribution is -0.135. The maximum absolute atomic E-state index is 10.3. The molecule has 0 aliphatic heterocycles. The molecule has 1 N–H and O–H groups in total. The van der Waals surface area contributed by atoms with Gasteiger partial charge in [0.2, 0.25) is 0 Å². The third-order valence-electron chi connectivity index (χ3n) is 1.48. The lowest BCUT2D eigenvalue weighted by atomic mass is 10.4. The van der Waals surface area contributed by atoms with Crippen LogP contribution < -0.4 is 4.90 Å². The van der Waals surface area contributed by atoms with Gasteiger partial charge < -0.3 is 10.0 Å². The Morgan fingerprint density at radius 2 is 2.08 bits per heavy atom. The maximum atomic E-state index is 10.3. The zero-order valence-electron chi connectivity index (χ0n) is 7.17. The molecular weight excluding hydrogens is 192 g/mol. The van der Waals surface area contributed by atoms with Crippen molar-refractivity contribution < 1.29 is 9.90 Å². The molecule has 0 unspecified atom stereocenters. The summed E-state index contributed by atoms with van der Waals surface area (Å²) in [5.41, 5.74) is 0.854. The summed E-state index contributed by atoms with van der Waals surface area (Å²) in [4.78, 5) is 15.8. The first kappa shape index (κ1) is 11.7. The summed E-state index contributed by atoms with van der Waals surface area (Å²) >= 11 is 0. The lowest BCUT2D eigenvalue weighted by Crippen LogP contribution is -2.24. The van der Waals surface area contributed by atoms with Crippen LogP contribution in [0.15, 0.2) is 24.5 Å². The molecule has 0 saturated carbocycles. The minimum absolute atomic E-state index is 0. The van der Waals surface area contributed by atoms with Crippen LogP contribution in [-0.4, -0.2) is 29.7 Å². The molecule has 4 nitrogen and oxygen atoms in total. The van der Waals surface area contributed by atoms with Crippen molar-refractivity contribution >= 4 is 24.1 Å². The SMILES string of the molecule is CN(CC(=O)O)c1ccncc1.Cl. The zero-order chi connectivity index (χ0) is 8.97. The quantitative estimate of drug-likeness (QED) is 0.796. The van der Waals surface area contributed by atoms with E-state index in [9.17, 15) is 4.79 Å². The van der Waals surface area contributed by atoms with Crippen LogP contribution in [0.3, 0.4) is 0 Å². The number of rotatable bonds is 3. The van der Waals surface area contributed by atoms with Crippen LogP contribution in [0.5, 0.6) is 0 Å². The van der Waals surface area contributed by atoms with Gasteiger partial charge in [-0.15, -0.1) is 12.4 Å². The second kappa shape index (κ2) is 5.37. The molecule has 0 aliphatic rings. The summed E-state index contributed by atoms with van der Waals surface area (Å²) in [6.45, 7) is 0.00398. The third-order valence-corrected chi connectivity index (χ3v) is 1.48. The number of aromatic nitrogens is 1. The summed E-state index contributed by atoms with van der Waals surface area (Å²) in [6, 6.07) is 3.53. The standard InChI is InChI=1S/C8H10N2O2.ClH/c1-10(6-8(11)12)7-2-4-9-5-3-7;/h2-5H,6H2,1H3,(H,11,12);1H. The van der Waals surface area contributed by atoms with Crippen LogP contribution in [0, 0.1) is 0 Å². The van der Waals surface area contributed by atoms with Crippen LogP contribution >= 0.6 is 12.4 Å². The summed E-state index contributed by atoms with van der Waals surface area (Å²) in [5, 5.41) is 8.49. The van der Waals surface area contributed by atoms with Crippen molar-refractivity contribution in [3.05, 3.63) is 24.5 Å². The number of anilines is 1. The van der Waals surface area contributed by atoms with Gasteiger partial charge in [-0.3, -0.25) is 9.78 Å². The van der Waals surface area contributed by atoms with E-state index in [0.717, 1.165) is 5.69 Å². The summed E-state index contributed by atoms with van der Waals surface area (Å²) in [5.74, 6) is -0.839. The van der Waals surface area contributed by atoms with E-state index in [1.807, 2.05) is 0 Å². The Hall–Kier alpha value is -1.29. The molecule has 0 aromatic carbocycles. The maximum Gasteiger partial charge on any atom is 0.323 e. The van der Waals surface area contributed by atoms with Gasteiger partial charge in [-0.25, -0.2) is 0 Å². The number of nitrogens with zero attached hydrogens (tertiary/aromatic N) is 2. The average Bonchev–Trinajstić information content (AvgIpc) is 2.05. The summed E-state index contributed by atoms with van der Waals surface area (Å²) in [6.07, 6.45) is 3.27. The van der Waals surface area contributed by atoms with E-state index in [0.29, 0.717) is 0 Å². The van der Waals surface area contributed by atoms with Crippen molar-refractivity contribution in [2.45, 2.75) is 0 Å². The highest BCUT2D eigenvalue weighted by Gasteiger charge is 2.03. The minimum atomic E-state index is -0.839. The van der Waals surface area contributed by atoms with Crippen molar-refractivity contribution in [3.63, 3.8) is 0 Å². The van der Waals surface area contributed by atoms with Crippen LogP contribution in [0.4, 0.5) is 5.69 Å². The highest BCUT2D eigenvalue weighted by atomic mass is 35.5. The number of pyridine rings is 1. The van der Waals surface area contributed by atoms with E-state index in [1.54, 1.807) is 36.5 Å². The Labute approximate surface area is 82.6 Å². The fraction of sp³-hybridized carbons (Fsp3) is 0.250. The van der Waals surface area contributed by atoms with E-state index in [-0.39, 0.29) is 19.0 Å². The third kappa shape index (κ3) is 3.75. The van der Waals surface area contributed by atoms with Crippen molar-refractivity contribution in [1.29, 1.82) is 0 Å². The molecule has 1 rings (SSSR count). The van der Waals surface area contributed by atoms with Gasteiger partial charge in [0, 0.05) is 25.1 Å². The van der Waals surface area contributed by atoms with Crippen LogP contribution in [0.25, 0.3) is 0 Å². The van der Waals surface area contributed by atoms with Gasteiger partial charge in [-0.05, 0) is 12.1 Å². The van der Waals surface area contributed by atoms with Gasteiger partial charge in [-0.1, -0.05) is 0 Å². The Bertz CT molecular complexity index is 266. The van der Waals surface area contributed by atoms with Gasteiger partial charge in [0.15, 0.2) is 0 Å². The topological polar surface area (TPSA) is 53.4 Å². The number of carbonyl (C=O) groups is 1. The second-order valence-electron chi connectivity index (χ2n) is 2.46. The number of carboxylic acids is 1. The van der Waals surface area contributed by atoms with Gasteiger partial charge >= 0.3 is 5.97 Å². The number of likely N-dealkylation sites (N-methyl/N-ethyl adjacent to an activating group) is 1. The van der Waals surface area contributed by atoms with Crippen LogP contribution in [0.1, 0.15) is 0 Å². The monoisotopic (exact) mass is 202 g/mol. The van der Waals surface area contributed by atoms with Gasteiger partial charge in [0.05, 0.1) is 0 Å². The molecular formula is C8H11ClN2O2. The van der Waals surface area contributed by atoms with E-state index in [2.05, 4.69) is 4.98 Å². The van der Waals surface area contributed by atoms with Gasteiger partial charge in [0.1, 0.15) is 6.54 Å². The molecule has 13 heavy (non-hydrogen) atoms. The predicted octanol–water partition coefficient (Wildman–Crippen LogP) is 1.02. The molecule has 0 saturated heterocycles. The summed E-state index contributed by atoms with van der Waals surface area (Å²) in [7, 11) is 1.73. The Kier molecular flexibility index (Phi) is 4.84. The number of carboxylic acid groups (broad SMARTS) is 1. The molecule has 0 bridgehead atoms. The Morgan fingerprint density at radius 3 is 2.54 bits per heavy atom. The number of hydrogen-bond donors (Lipinski definition) is 1.